The van der Waals surface area contributed by atoms with Crippen molar-refractivity contribution >= 4 is 17.3 Å². The van der Waals surface area contributed by atoms with Gasteiger partial charge in [-0.1, -0.05) is 24.3 Å². The van der Waals surface area contributed by atoms with Gasteiger partial charge in [0.15, 0.2) is 0 Å². The summed E-state index contributed by atoms with van der Waals surface area (Å²) < 4.78 is 77.0. The molecule has 0 unspecified atom stereocenters. The van der Waals surface area contributed by atoms with Crippen molar-refractivity contribution < 1.29 is 41.2 Å². The van der Waals surface area contributed by atoms with E-state index in [1.807, 2.05) is 0 Å². The maximum absolute atomic E-state index is 12.8. The quantitative estimate of drug-likeness (QED) is 0.452. The fraction of sp³-hybridized carbons (Fsp3) is 0.188. The molecule has 2 aromatic carbocycles. The number of hydrogen-bond acceptors (Lipinski definition) is 4. The first-order valence-electron chi connectivity index (χ1n) is 7.30. The Balaban J connectivity index is 2.33. The summed E-state index contributed by atoms with van der Waals surface area (Å²) in [4.78, 5) is 22.2. The van der Waals surface area contributed by atoms with E-state index in [0.717, 1.165) is 12.1 Å². The first-order chi connectivity index (χ1) is 12.8. The van der Waals surface area contributed by atoms with Crippen LogP contribution in [0.2, 0.25) is 0 Å². The smallest absolute Gasteiger partial charge is 0.369 e. The van der Waals surface area contributed by atoms with Gasteiger partial charge in [-0.25, -0.2) is 0 Å². The highest BCUT2D eigenvalue weighted by Gasteiger charge is 2.71. The van der Waals surface area contributed by atoms with Crippen LogP contribution in [-0.2, 0) is 5.60 Å². The standard InChI is InChI=1S/C16H10F6N2O4/c17-15(18,19)14(26,16(20,21)22)9-5-7-10(8-6-9)23-13(25)11-3-1-2-4-12(11)24(27)28/h1-8,26H,(H,23,25). The molecule has 0 atom stereocenters. The van der Waals surface area contributed by atoms with Crippen LogP contribution >= 0.6 is 0 Å². The van der Waals surface area contributed by atoms with Crippen LogP contribution in [0.1, 0.15) is 15.9 Å². The minimum absolute atomic E-state index is 0.237. The number of hydrogen-bond donors (Lipinski definition) is 2. The van der Waals surface area contributed by atoms with Crippen LogP contribution in [0.4, 0.5) is 37.7 Å². The highest BCUT2D eigenvalue weighted by molar-refractivity contribution is 6.07. The van der Waals surface area contributed by atoms with Crippen LogP contribution in [-0.4, -0.2) is 28.3 Å². The number of halogens is 6. The fourth-order valence-electron chi connectivity index (χ4n) is 2.31. The molecule has 1 amide bonds. The number of para-hydroxylation sites is 1. The molecule has 2 aromatic rings. The lowest BCUT2D eigenvalue weighted by atomic mass is 9.92. The monoisotopic (exact) mass is 408 g/mol. The molecule has 6 nitrogen and oxygen atoms in total. The van der Waals surface area contributed by atoms with Gasteiger partial charge in [0.1, 0.15) is 5.56 Å². The number of aliphatic hydroxyl groups is 1. The van der Waals surface area contributed by atoms with Crippen LogP contribution in [0, 0.1) is 10.1 Å². The number of nitro groups is 1. The van der Waals surface area contributed by atoms with Crippen molar-refractivity contribution in [2.24, 2.45) is 0 Å². The molecule has 2 rings (SSSR count). The van der Waals surface area contributed by atoms with Gasteiger partial charge < -0.3 is 10.4 Å². The third-order valence-electron chi connectivity index (χ3n) is 3.73. The summed E-state index contributed by atoms with van der Waals surface area (Å²) in [5.41, 5.74) is -7.74. The van der Waals surface area contributed by atoms with Crippen LogP contribution in [0.15, 0.2) is 48.5 Å². The summed E-state index contributed by atoms with van der Waals surface area (Å²) >= 11 is 0. The van der Waals surface area contributed by atoms with Gasteiger partial charge in [0.2, 0.25) is 0 Å². The molecular weight excluding hydrogens is 398 g/mol. The average molecular weight is 408 g/mol. The van der Waals surface area contributed by atoms with Crippen molar-refractivity contribution in [3.8, 4) is 0 Å². The normalized spacial score (nSPS) is 12.5. The van der Waals surface area contributed by atoms with Gasteiger partial charge >= 0.3 is 12.4 Å². The second-order valence-corrected chi connectivity index (χ2v) is 5.51. The number of benzene rings is 2. The Hall–Kier alpha value is -3.15. The lowest BCUT2D eigenvalue weighted by molar-refractivity contribution is -0.385. The number of carbonyl (C=O) groups is 1. The topological polar surface area (TPSA) is 92.5 Å². The molecule has 0 radical (unpaired) electrons. The third kappa shape index (κ3) is 3.76. The number of nitrogens with one attached hydrogen (secondary N) is 1. The van der Waals surface area contributed by atoms with Crippen LogP contribution in [0.5, 0.6) is 0 Å². The molecule has 0 aliphatic carbocycles. The molecular formula is C16H10F6N2O4. The zero-order chi connectivity index (χ0) is 21.3. The van der Waals surface area contributed by atoms with Crippen LogP contribution in [0.25, 0.3) is 0 Å². The Morgan fingerprint density at radius 1 is 0.929 bits per heavy atom. The van der Waals surface area contributed by atoms with Crippen molar-refractivity contribution in [2.45, 2.75) is 18.0 Å². The zero-order valence-corrected chi connectivity index (χ0v) is 13.5. The van der Waals surface area contributed by atoms with Gasteiger partial charge in [-0.2, -0.15) is 26.3 Å². The number of nitro benzene ring substituents is 1. The minimum Gasteiger partial charge on any atom is -0.369 e. The van der Waals surface area contributed by atoms with E-state index in [2.05, 4.69) is 5.32 Å². The molecule has 0 aliphatic rings. The SMILES string of the molecule is O=C(Nc1ccc(C(O)(C(F)(F)F)C(F)(F)F)cc1)c1ccccc1[N+](=O)[O-]. The molecule has 0 bridgehead atoms. The Morgan fingerprint density at radius 2 is 1.43 bits per heavy atom. The summed E-state index contributed by atoms with van der Waals surface area (Å²) in [5.74, 6) is -0.998. The van der Waals surface area contributed by atoms with E-state index in [1.54, 1.807) is 0 Å². The number of nitrogens with zero attached hydrogens (tertiary/aromatic N) is 1. The fourth-order valence-corrected chi connectivity index (χ4v) is 2.31. The Bertz CT molecular complexity index is 879. The van der Waals surface area contributed by atoms with E-state index in [1.165, 1.54) is 12.1 Å². The molecule has 0 spiro atoms. The average Bonchev–Trinajstić information content (AvgIpc) is 2.59. The molecule has 0 saturated carbocycles. The molecule has 28 heavy (non-hydrogen) atoms. The van der Waals surface area contributed by atoms with E-state index < -0.39 is 40.0 Å². The predicted octanol–water partition coefficient (Wildman–Crippen LogP) is 4.16. The second kappa shape index (κ2) is 7.11. The van der Waals surface area contributed by atoms with Gasteiger partial charge in [-0.15, -0.1) is 0 Å². The summed E-state index contributed by atoms with van der Waals surface area (Å²) in [6.07, 6.45) is -12.1. The van der Waals surface area contributed by atoms with Gasteiger partial charge in [-0.3, -0.25) is 14.9 Å². The second-order valence-electron chi connectivity index (χ2n) is 5.51. The van der Waals surface area contributed by atoms with E-state index in [-0.39, 0.29) is 11.3 Å². The van der Waals surface area contributed by atoms with Crippen LogP contribution < -0.4 is 5.32 Å². The molecule has 12 heteroatoms. The van der Waals surface area contributed by atoms with Gasteiger partial charge in [0.25, 0.3) is 17.2 Å². The van der Waals surface area contributed by atoms with Crippen molar-refractivity contribution in [1.29, 1.82) is 0 Å². The van der Waals surface area contributed by atoms with Gasteiger partial charge in [0, 0.05) is 17.3 Å². The summed E-state index contributed by atoms with van der Waals surface area (Å²) in [7, 11) is 0. The third-order valence-corrected chi connectivity index (χ3v) is 3.73. The lowest BCUT2D eigenvalue weighted by Crippen LogP contribution is -2.53. The zero-order valence-electron chi connectivity index (χ0n) is 13.5. The first-order valence-corrected chi connectivity index (χ1v) is 7.30. The maximum atomic E-state index is 12.8. The molecule has 0 saturated heterocycles. The van der Waals surface area contributed by atoms with E-state index in [4.69, 9.17) is 0 Å². The molecule has 150 valence electrons. The molecule has 0 aromatic heterocycles. The number of amides is 1. The Kier molecular flexibility index (Phi) is 5.37. The lowest BCUT2D eigenvalue weighted by Gasteiger charge is -2.32. The number of rotatable bonds is 4. The summed E-state index contributed by atoms with van der Waals surface area (Å²) in [5, 5.41) is 22.3. The van der Waals surface area contributed by atoms with Crippen molar-refractivity contribution in [1.82, 2.24) is 0 Å². The minimum atomic E-state index is -6.04. The first kappa shape index (κ1) is 21.2. The van der Waals surface area contributed by atoms with Crippen LogP contribution in [0.3, 0.4) is 0 Å². The molecule has 0 aliphatic heterocycles. The summed E-state index contributed by atoms with van der Waals surface area (Å²) in [6.45, 7) is 0. The van der Waals surface area contributed by atoms with Crippen molar-refractivity contribution in [2.75, 3.05) is 5.32 Å². The van der Waals surface area contributed by atoms with E-state index in [9.17, 15) is 46.4 Å². The largest absolute Gasteiger partial charge is 0.430 e. The molecule has 0 heterocycles. The number of anilines is 1. The van der Waals surface area contributed by atoms with Crippen molar-refractivity contribution in [3.63, 3.8) is 0 Å². The summed E-state index contributed by atoms with van der Waals surface area (Å²) in [6, 6.07) is 6.89. The molecule has 0 fully saturated rings. The Morgan fingerprint density at radius 3 is 1.89 bits per heavy atom. The number of carbonyl (C=O) groups excluding carboxylic acids is 1. The van der Waals surface area contributed by atoms with Gasteiger partial charge in [-0.05, 0) is 18.2 Å². The van der Waals surface area contributed by atoms with E-state index in [0.29, 0.717) is 24.3 Å². The predicted molar refractivity (Wildman–Crippen MR) is 83.5 cm³/mol. The molecule has 2 N–H and O–H groups in total. The Labute approximate surface area is 152 Å². The highest BCUT2D eigenvalue weighted by atomic mass is 19.4. The number of alkyl halides is 6. The maximum Gasteiger partial charge on any atom is 0.430 e. The van der Waals surface area contributed by atoms with Gasteiger partial charge in [0.05, 0.1) is 4.92 Å². The van der Waals surface area contributed by atoms with Crippen molar-refractivity contribution in [3.05, 3.63) is 69.8 Å². The van der Waals surface area contributed by atoms with E-state index >= 15 is 0 Å². The highest BCUT2D eigenvalue weighted by Crippen LogP contribution is 2.50.